The third-order valence-corrected chi connectivity index (χ3v) is 2.05. The van der Waals surface area contributed by atoms with Crippen LogP contribution in [0.5, 0.6) is 0 Å². The van der Waals surface area contributed by atoms with Gasteiger partial charge in [0, 0.05) is 11.5 Å². The number of halogens is 2. The van der Waals surface area contributed by atoms with Gasteiger partial charge in [0.1, 0.15) is 0 Å². The van der Waals surface area contributed by atoms with Crippen molar-refractivity contribution in [3.8, 4) is 0 Å². The van der Waals surface area contributed by atoms with Gasteiger partial charge in [-0.25, -0.2) is 4.79 Å². The van der Waals surface area contributed by atoms with Crippen LogP contribution in [0, 0.1) is 0 Å². The maximum atomic E-state index is 11.2. The molecule has 0 atom stereocenters. The van der Waals surface area contributed by atoms with Crippen LogP contribution in [0.2, 0.25) is 0 Å². The van der Waals surface area contributed by atoms with Crippen molar-refractivity contribution in [3.63, 3.8) is 0 Å². The van der Waals surface area contributed by atoms with Crippen molar-refractivity contribution in [1.82, 2.24) is 4.98 Å². The Morgan fingerprint density at radius 2 is 2.29 bits per heavy atom. The van der Waals surface area contributed by atoms with Crippen molar-refractivity contribution in [3.05, 3.63) is 29.6 Å². The predicted octanol–water partition coefficient (Wildman–Crippen LogP) is 2.73. The summed E-state index contributed by atoms with van der Waals surface area (Å²) in [6, 6.07) is 3.50. The van der Waals surface area contributed by atoms with Crippen molar-refractivity contribution in [2.75, 3.05) is 6.61 Å². The van der Waals surface area contributed by atoms with E-state index in [1.165, 1.54) is 6.20 Å². The SMILES string of the molecule is Br.CCOC(=O)c1ccc(CBr)nc1. The minimum Gasteiger partial charge on any atom is -0.462 e. The Labute approximate surface area is 102 Å². The number of carbonyl (C=O) groups is 1. The number of carbonyl (C=O) groups excluding carboxylic acids is 1. The number of pyridine rings is 1. The highest BCUT2D eigenvalue weighted by Gasteiger charge is 2.05. The molecular formula is C9H11Br2NO2. The first kappa shape index (κ1) is 13.6. The minimum absolute atomic E-state index is 0. The first-order chi connectivity index (χ1) is 6.27. The molecular weight excluding hydrogens is 314 g/mol. The van der Waals surface area contributed by atoms with Crippen LogP contribution in [0.15, 0.2) is 18.3 Å². The van der Waals surface area contributed by atoms with E-state index in [-0.39, 0.29) is 23.0 Å². The van der Waals surface area contributed by atoms with Crippen molar-refractivity contribution in [2.45, 2.75) is 12.3 Å². The topological polar surface area (TPSA) is 39.2 Å². The Bertz CT molecular complexity index is 287. The maximum Gasteiger partial charge on any atom is 0.339 e. The molecule has 1 aromatic rings. The van der Waals surface area contributed by atoms with Gasteiger partial charge in [0.05, 0.1) is 17.9 Å². The molecule has 0 unspecified atom stereocenters. The minimum atomic E-state index is -0.323. The Morgan fingerprint density at radius 1 is 1.57 bits per heavy atom. The van der Waals surface area contributed by atoms with Gasteiger partial charge < -0.3 is 4.74 Å². The van der Waals surface area contributed by atoms with E-state index in [1.54, 1.807) is 19.1 Å². The van der Waals surface area contributed by atoms with Crippen LogP contribution in [0.4, 0.5) is 0 Å². The van der Waals surface area contributed by atoms with Crippen LogP contribution in [0.3, 0.4) is 0 Å². The fraction of sp³-hybridized carbons (Fsp3) is 0.333. The number of ether oxygens (including phenoxy) is 1. The average Bonchev–Trinajstić information content (AvgIpc) is 2.18. The molecule has 0 fully saturated rings. The highest BCUT2D eigenvalue weighted by molar-refractivity contribution is 9.08. The fourth-order valence-electron chi connectivity index (χ4n) is 0.839. The van der Waals surface area contributed by atoms with Gasteiger partial charge in [-0.3, -0.25) is 4.98 Å². The Balaban J connectivity index is 0.00000169. The summed E-state index contributed by atoms with van der Waals surface area (Å²) in [5.41, 5.74) is 1.39. The number of hydrogen-bond acceptors (Lipinski definition) is 3. The van der Waals surface area contributed by atoms with E-state index in [0.29, 0.717) is 17.5 Å². The standard InChI is InChI=1S/C9H10BrNO2.BrH/c1-2-13-9(12)7-3-4-8(5-10)11-6-7;/h3-4,6H,2,5H2,1H3;1H. The third kappa shape index (κ3) is 3.75. The zero-order chi connectivity index (χ0) is 9.68. The number of aromatic nitrogens is 1. The molecule has 78 valence electrons. The predicted molar refractivity (Wildman–Crippen MR) is 63.1 cm³/mol. The summed E-state index contributed by atoms with van der Waals surface area (Å²) in [5, 5.41) is 0.691. The summed E-state index contributed by atoms with van der Waals surface area (Å²) >= 11 is 3.27. The molecule has 0 saturated carbocycles. The van der Waals surface area contributed by atoms with Crippen molar-refractivity contribution >= 4 is 38.9 Å². The average molecular weight is 325 g/mol. The lowest BCUT2D eigenvalue weighted by Gasteiger charge is -2.01. The van der Waals surface area contributed by atoms with Crippen LogP contribution in [0.25, 0.3) is 0 Å². The molecule has 5 heteroatoms. The number of alkyl halides is 1. The number of esters is 1. The van der Waals surface area contributed by atoms with Crippen LogP contribution < -0.4 is 0 Å². The number of hydrogen-bond donors (Lipinski definition) is 0. The van der Waals surface area contributed by atoms with E-state index in [2.05, 4.69) is 20.9 Å². The van der Waals surface area contributed by atoms with E-state index in [1.807, 2.05) is 0 Å². The fourth-order valence-corrected chi connectivity index (χ4v) is 1.17. The summed E-state index contributed by atoms with van der Waals surface area (Å²) in [5.74, 6) is -0.323. The molecule has 1 rings (SSSR count). The summed E-state index contributed by atoms with van der Waals surface area (Å²) in [6.07, 6.45) is 1.52. The maximum absolute atomic E-state index is 11.2. The van der Waals surface area contributed by atoms with E-state index in [9.17, 15) is 4.79 Å². The van der Waals surface area contributed by atoms with Gasteiger partial charge in [-0.15, -0.1) is 17.0 Å². The molecule has 0 radical (unpaired) electrons. The van der Waals surface area contributed by atoms with Crippen LogP contribution in [-0.4, -0.2) is 17.6 Å². The van der Waals surface area contributed by atoms with Gasteiger partial charge in [0.2, 0.25) is 0 Å². The molecule has 0 bridgehead atoms. The van der Waals surface area contributed by atoms with Gasteiger partial charge >= 0.3 is 5.97 Å². The van der Waals surface area contributed by atoms with Crippen LogP contribution >= 0.6 is 32.9 Å². The highest BCUT2D eigenvalue weighted by Crippen LogP contribution is 2.05. The molecule has 1 heterocycles. The Kier molecular flexibility index (Phi) is 6.74. The Hall–Kier alpha value is -0.420. The molecule has 14 heavy (non-hydrogen) atoms. The highest BCUT2D eigenvalue weighted by atomic mass is 79.9. The molecule has 3 nitrogen and oxygen atoms in total. The van der Waals surface area contributed by atoms with E-state index < -0.39 is 0 Å². The second kappa shape index (κ2) is 6.95. The van der Waals surface area contributed by atoms with Crippen molar-refractivity contribution in [2.24, 2.45) is 0 Å². The monoisotopic (exact) mass is 323 g/mol. The van der Waals surface area contributed by atoms with E-state index >= 15 is 0 Å². The third-order valence-electron chi connectivity index (χ3n) is 1.47. The molecule has 0 spiro atoms. The zero-order valence-electron chi connectivity index (χ0n) is 7.70. The lowest BCUT2D eigenvalue weighted by Crippen LogP contribution is -2.05. The quantitative estimate of drug-likeness (QED) is 0.634. The molecule has 0 aliphatic rings. The summed E-state index contributed by atoms with van der Waals surface area (Å²) in [6.45, 7) is 2.16. The van der Waals surface area contributed by atoms with Crippen LogP contribution in [-0.2, 0) is 10.1 Å². The molecule has 0 amide bonds. The molecule has 0 aliphatic carbocycles. The van der Waals surface area contributed by atoms with Gasteiger partial charge in [0.15, 0.2) is 0 Å². The lowest BCUT2D eigenvalue weighted by atomic mass is 10.2. The molecule has 0 saturated heterocycles. The van der Waals surface area contributed by atoms with E-state index in [4.69, 9.17) is 4.74 Å². The second-order valence-electron chi connectivity index (χ2n) is 2.39. The summed E-state index contributed by atoms with van der Waals surface area (Å²) < 4.78 is 4.81. The van der Waals surface area contributed by atoms with Gasteiger partial charge in [-0.05, 0) is 19.1 Å². The van der Waals surface area contributed by atoms with Gasteiger partial charge in [-0.1, -0.05) is 15.9 Å². The van der Waals surface area contributed by atoms with Gasteiger partial charge in [0.25, 0.3) is 0 Å². The van der Waals surface area contributed by atoms with E-state index in [0.717, 1.165) is 5.69 Å². The molecule has 0 aliphatic heterocycles. The summed E-state index contributed by atoms with van der Waals surface area (Å²) in [7, 11) is 0. The molecule has 0 N–H and O–H groups in total. The number of nitrogens with zero attached hydrogens (tertiary/aromatic N) is 1. The number of rotatable bonds is 3. The normalized spacial score (nSPS) is 9.00. The smallest absolute Gasteiger partial charge is 0.339 e. The van der Waals surface area contributed by atoms with Gasteiger partial charge in [-0.2, -0.15) is 0 Å². The van der Waals surface area contributed by atoms with Crippen molar-refractivity contribution in [1.29, 1.82) is 0 Å². The van der Waals surface area contributed by atoms with Crippen molar-refractivity contribution < 1.29 is 9.53 Å². The first-order valence-electron chi connectivity index (χ1n) is 3.96. The zero-order valence-corrected chi connectivity index (χ0v) is 11.0. The first-order valence-corrected chi connectivity index (χ1v) is 5.08. The molecule has 0 aromatic carbocycles. The lowest BCUT2D eigenvalue weighted by molar-refractivity contribution is 0.0526. The second-order valence-corrected chi connectivity index (χ2v) is 2.95. The Morgan fingerprint density at radius 3 is 2.71 bits per heavy atom. The van der Waals surface area contributed by atoms with Crippen LogP contribution in [0.1, 0.15) is 23.0 Å². The molecule has 1 aromatic heterocycles. The largest absolute Gasteiger partial charge is 0.462 e. The summed E-state index contributed by atoms with van der Waals surface area (Å²) in [4.78, 5) is 15.2.